The quantitative estimate of drug-likeness (QED) is 0.783. The van der Waals surface area contributed by atoms with Gasteiger partial charge in [-0.15, -0.1) is 0 Å². The Morgan fingerprint density at radius 3 is 3.18 bits per heavy atom. The van der Waals surface area contributed by atoms with Gasteiger partial charge in [0, 0.05) is 19.1 Å². The highest BCUT2D eigenvalue weighted by atomic mass is 15.2. The Kier molecular flexibility index (Phi) is 2.69. The van der Waals surface area contributed by atoms with E-state index in [4.69, 9.17) is 5.26 Å². The highest BCUT2D eigenvalue weighted by molar-refractivity contribution is 5.43. The summed E-state index contributed by atoms with van der Waals surface area (Å²) in [6.45, 7) is 3.23. The molecule has 1 aromatic rings. The normalized spacial score (nSPS) is 27.6. The molecule has 1 N–H and O–H groups in total. The molecule has 88 valence electrons. The van der Waals surface area contributed by atoms with Gasteiger partial charge in [0.05, 0.1) is 0 Å². The number of pyridine rings is 1. The topological polar surface area (TPSA) is 52.0 Å². The van der Waals surface area contributed by atoms with Crippen molar-refractivity contribution in [3.8, 4) is 6.07 Å². The fourth-order valence-corrected chi connectivity index (χ4v) is 2.90. The molecule has 3 heterocycles. The van der Waals surface area contributed by atoms with Crippen LogP contribution in [0.5, 0.6) is 0 Å². The van der Waals surface area contributed by atoms with E-state index in [2.05, 4.69) is 21.3 Å². The molecule has 0 amide bonds. The summed E-state index contributed by atoms with van der Waals surface area (Å²) in [7, 11) is 0. The third kappa shape index (κ3) is 1.98. The summed E-state index contributed by atoms with van der Waals surface area (Å²) in [5.41, 5.74) is 0.505. The Balaban J connectivity index is 1.79. The summed E-state index contributed by atoms with van der Waals surface area (Å²) in [6.07, 6.45) is 2.59. The van der Waals surface area contributed by atoms with Crippen LogP contribution < -0.4 is 10.2 Å². The molecule has 0 bridgehead atoms. The van der Waals surface area contributed by atoms with Crippen molar-refractivity contribution in [1.82, 2.24) is 10.3 Å². The van der Waals surface area contributed by atoms with Gasteiger partial charge >= 0.3 is 0 Å². The van der Waals surface area contributed by atoms with Crippen LogP contribution in [0.1, 0.15) is 18.5 Å². The average Bonchev–Trinajstić information content (AvgIpc) is 2.82. The van der Waals surface area contributed by atoms with Crippen molar-refractivity contribution in [2.45, 2.75) is 18.9 Å². The van der Waals surface area contributed by atoms with E-state index in [-0.39, 0.29) is 0 Å². The van der Waals surface area contributed by atoms with Crippen LogP contribution in [-0.4, -0.2) is 30.7 Å². The van der Waals surface area contributed by atoms with Crippen molar-refractivity contribution in [3.05, 3.63) is 23.9 Å². The Labute approximate surface area is 101 Å². The number of rotatable bonds is 1. The molecule has 2 fully saturated rings. The van der Waals surface area contributed by atoms with Crippen molar-refractivity contribution in [3.63, 3.8) is 0 Å². The fourth-order valence-electron chi connectivity index (χ4n) is 2.90. The van der Waals surface area contributed by atoms with Crippen molar-refractivity contribution in [2.24, 2.45) is 5.92 Å². The van der Waals surface area contributed by atoms with Crippen LogP contribution in [0.25, 0.3) is 0 Å². The Hall–Kier alpha value is -1.60. The van der Waals surface area contributed by atoms with Gasteiger partial charge in [0.15, 0.2) is 0 Å². The van der Waals surface area contributed by atoms with E-state index in [9.17, 15) is 0 Å². The standard InChI is InChI=1S/C13H16N4/c14-7-11-4-1-5-13(16-11)17-8-10-3-2-6-15-12(10)9-17/h1,4-5,10,12,15H,2-3,6,8-9H2/t10-,12+/m0/s1. The van der Waals surface area contributed by atoms with Gasteiger partial charge < -0.3 is 10.2 Å². The largest absolute Gasteiger partial charge is 0.355 e. The number of nitriles is 1. The molecule has 0 saturated carbocycles. The molecule has 1 aromatic heterocycles. The third-order valence-electron chi connectivity index (χ3n) is 3.77. The lowest BCUT2D eigenvalue weighted by Gasteiger charge is -2.24. The number of nitrogens with zero attached hydrogens (tertiary/aromatic N) is 3. The van der Waals surface area contributed by atoms with Crippen LogP contribution in [0.3, 0.4) is 0 Å². The van der Waals surface area contributed by atoms with Crippen molar-refractivity contribution in [2.75, 3.05) is 24.5 Å². The number of fused-ring (bicyclic) bond motifs is 1. The molecule has 2 aliphatic rings. The first-order chi connectivity index (χ1) is 8.36. The van der Waals surface area contributed by atoms with Crippen molar-refractivity contribution in [1.29, 1.82) is 5.26 Å². The first-order valence-electron chi connectivity index (χ1n) is 6.22. The van der Waals surface area contributed by atoms with E-state index >= 15 is 0 Å². The van der Waals surface area contributed by atoms with E-state index in [1.54, 1.807) is 6.07 Å². The summed E-state index contributed by atoms with van der Waals surface area (Å²) in [4.78, 5) is 6.67. The van der Waals surface area contributed by atoms with Gasteiger partial charge in [-0.25, -0.2) is 4.98 Å². The molecule has 0 aromatic carbocycles. The highest BCUT2D eigenvalue weighted by Crippen LogP contribution is 2.27. The molecule has 0 unspecified atom stereocenters. The first-order valence-corrected chi connectivity index (χ1v) is 6.22. The molecule has 0 radical (unpaired) electrons. The van der Waals surface area contributed by atoms with Gasteiger partial charge in [-0.05, 0) is 37.4 Å². The molecule has 2 aliphatic heterocycles. The van der Waals surface area contributed by atoms with Gasteiger partial charge in [-0.3, -0.25) is 0 Å². The molecule has 2 atom stereocenters. The Bertz CT molecular complexity index is 437. The van der Waals surface area contributed by atoms with Gasteiger partial charge in [-0.1, -0.05) is 6.07 Å². The van der Waals surface area contributed by atoms with Crippen LogP contribution in [0.15, 0.2) is 18.2 Å². The highest BCUT2D eigenvalue weighted by Gasteiger charge is 2.34. The predicted octanol–water partition coefficient (Wildman–Crippen LogP) is 1.14. The molecule has 2 saturated heterocycles. The zero-order valence-electron chi connectivity index (χ0n) is 9.76. The molecular weight excluding hydrogens is 212 g/mol. The Morgan fingerprint density at radius 2 is 2.35 bits per heavy atom. The number of hydrogen-bond acceptors (Lipinski definition) is 4. The lowest BCUT2D eigenvalue weighted by molar-refractivity contribution is 0.340. The summed E-state index contributed by atoms with van der Waals surface area (Å²) in [5.74, 6) is 1.69. The second kappa shape index (κ2) is 4.34. The lowest BCUT2D eigenvalue weighted by Crippen LogP contribution is -2.40. The zero-order valence-corrected chi connectivity index (χ0v) is 9.76. The summed E-state index contributed by atoms with van der Waals surface area (Å²) in [6, 6.07) is 8.37. The molecular formula is C13H16N4. The van der Waals surface area contributed by atoms with Gasteiger partial charge in [-0.2, -0.15) is 5.26 Å². The Morgan fingerprint density at radius 1 is 1.41 bits per heavy atom. The monoisotopic (exact) mass is 228 g/mol. The SMILES string of the molecule is N#Cc1cccc(N2C[C@@H]3CCCN[C@@H]3C2)n1. The predicted molar refractivity (Wildman–Crippen MR) is 65.7 cm³/mol. The minimum Gasteiger partial charge on any atom is -0.355 e. The van der Waals surface area contributed by atoms with E-state index in [1.165, 1.54) is 12.8 Å². The first kappa shape index (κ1) is 10.5. The number of nitrogens with one attached hydrogen (secondary N) is 1. The second-order valence-electron chi connectivity index (χ2n) is 4.86. The number of hydrogen-bond donors (Lipinski definition) is 1. The van der Waals surface area contributed by atoms with Gasteiger partial charge in [0.25, 0.3) is 0 Å². The minimum atomic E-state index is 0.505. The van der Waals surface area contributed by atoms with Crippen LogP contribution in [0, 0.1) is 17.2 Å². The molecule has 4 heteroatoms. The molecule has 17 heavy (non-hydrogen) atoms. The number of piperidine rings is 1. The molecule has 3 rings (SSSR count). The van der Waals surface area contributed by atoms with Crippen LogP contribution >= 0.6 is 0 Å². The maximum absolute atomic E-state index is 8.87. The van der Waals surface area contributed by atoms with E-state index in [0.29, 0.717) is 11.7 Å². The smallest absolute Gasteiger partial charge is 0.142 e. The van der Waals surface area contributed by atoms with E-state index in [0.717, 1.165) is 31.4 Å². The van der Waals surface area contributed by atoms with Crippen molar-refractivity contribution < 1.29 is 0 Å². The maximum atomic E-state index is 8.87. The van der Waals surface area contributed by atoms with Gasteiger partial charge in [0.1, 0.15) is 17.6 Å². The summed E-state index contributed by atoms with van der Waals surface area (Å²) < 4.78 is 0. The van der Waals surface area contributed by atoms with Crippen molar-refractivity contribution >= 4 is 5.82 Å². The lowest BCUT2D eigenvalue weighted by atomic mass is 9.94. The second-order valence-corrected chi connectivity index (χ2v) is 4.86. The fraction of sp³-hybridized carbons (Fsp3) is 0.538. The summed E-state index contributed by atoms with van der Waals surface area (Å²) >= 11 is 0. The van der Waals surface area contributed by atoms with Crippen LogP contribution in [-0.2, 0) is 0 Å². The average molecular weight is 228 g/mol. The number of aromatic nitrogens is 1. The summed E-state index contributed by atoms with van der Waals surface area (Å²) in [5, 5.41) is 12.4. The van der Waals surface area contributed by atoms with Gasteiger partial charge in [0.2, 0.25) is 0 Å². The van der Waals surface area contributed by atoms with E-state index in [1.807, 2.05) is 12.1 Å². The zero-order chi connectivity index (χ0) is 11.7. The van der Waals surface area contributed by atoms with Crippen LogP contribution in [0.4, 0.5) is 5.82 Å². The minimum absolute atomic E-state index is 0.505. The molecule has 0 aliphatic carbocycles. The van der Waals surface area contributed by atoms with Crippen LogP contribution in [0.2, 0.25) is 0 Å². The molecule has 0 spiro atoms. The molecule has 4 nitrogen and oxygen atoms in total. The maximum Gasteiger partial charge on any atom is 0.142 e. The third-order valence-corrected chi connectivity index (χ3v) is 3.77. The number of anilines is 1. The van der Waals surface area contributed by atoms with E-state index < -0.39 is 0 Å².